The molecule has 1 aromatic rings. The highest BCUT2D eigenvalue weighted by atomic mass is 35.5. The van der Waals surface area contributed by atoms with Gasteiger partial charge in [0, 0.05) is 37.5 Å². The van der Waals surface area contributed by atoms with Crippen molar-refractivity contribution in [2.75, 3.05) is 32.0 Å². The summed E-state index contributed by atoms with van der Waals surface area (Å²) in [5.41, 5.74) is 5.58. The van der Waals surface area contributed by atoms with Gasteiger partial charge in [-0.1, -0.05) is 0 Å². The minimum Gasteiger partial charge on any atom is -0.375 e. The topological polar surface area (TPSA) is 109 Å². The molecule has 4 N–H and O–H groups in total. The van der Waals surface area contributed by atoms with Gasteiger partial charge in [0.25, 0.3) is 0 Å². The normalized spacial score (nSPS) is 29.2. The van der Waals surface area contributed by atoms with Crippen LogP contribution in [0.4, 0.5) is 5.95 Å². The lowest BCUT2D eigenvalue weighted by molar-refractivity contribution is -0.140. The van der Waals surface area contributed by atoms with Crippen molar-refractivity contribution in [1.82, 2.24) is 25.4 Å². The maximum Gasteiger partial charge on any atom is 0.239 e. The van der Waals surface area contributed by atoms with Crippen LogP contribution in [0, 0.1) is 5.92 Å². The van der Waals surface area contributed by atoms with Crippen LogP contribution in [0.2, 0.25) is 0 Å². The largest absolute Gasteiger partial charge is 0.375 e. The first-order valence-corrected chi connectivity index (χ1v) is 9.02. The van der Waals surface area contributed by atoms with Crippen molar-refractivity contribution >= 4 is 36.7 Å². The van der Waals surface area contributed by atoms with E-state index in [0.29, 0.717) is 29.9 Å². The van der Waals surface area contributed by atoms with Crippen molar-refractivity contribution in [3.63, 3.8) is 0 Å². The summed E-state index contributed by atoms with van der Waals surface area (Å²) in [5, 5.41) is 10.3. The number of likely N-dealkylation sites (tertiary alicyclic amines) is 1. The van der Waals surface area contributed by atoms with Gasteiger partial charge >= 0.3 is 0 Å². The van der Waals surface area contributed by atoms with Crippen LogP contribution >= 0.6 is 24.8 Å². The number of anilines is 1. The molecule has 3 aliphatic rings. The van der Waals surface area contributed by atoms with Crippen LogP contribution in [0.3, 0.4) is 0 Å². The highest BCUT2D eigenvalue weighted by molar-refractivity contribution is 5.85. The molecule has 2 aliphatic heterocycles. The molecule has 8 nitrogen and oxygen atoms in total. The molecule has 3 atom stereocenters. The number of H-pyrrole nitrogens is 1. The number of amides is 1. The highest BCUT2D eigenvalue weighted by Crippen LogP contribution is 2.32. The third kappa shape index (κ3) is 4.42. The highest BCUT2D eigenvalue weighted by Gasteiger charge is 2.38. The first-order valence-electron chi connectivity index (χ1n) is 9.02. The summed E-state index contributed by atoms with van der Waals surface area (Å²) >= 11 is 0. The van der Waals surface area contributed by atoms with Gasteiger partial charge in [-0.3, -0.25) is 9.89 Å². The first kappa shape index (κ1) is 21.2. The van der Waals surface area contributed by atoms with Crippen molar-refractivity contribution in [1.29, 1.82) is 0 Å². The third-order valence-corrected chi connectivity index (χ3v) is 5.69. The van der Waals surface area contributed by atoms with Crippen molar-refractivity contribution in [2.45, 2.75) is 50.2 Å². The van der Waals surface area contributed by atoms with E-state index < -0.39 is 0 Å². The van der Waals surface area contributed by atoms with Gasteiger partial charge in [-0.15, -0.1) is 29.9 Å². The average molecular weight is 407 g/mol. The van der Waals surface area contributed by atoms with Crippen LogP contribution in [-0.4, -0.2) is 64.4 Å². The van der Waals surface area contributed by atoms with E-state index in [9.17, 15) is 4.79 Å². The quantitative estimate of drug-likeness (QED) is 0.677. The molecule has 0 radical (unpaired) electrons. The van der Waals surface area contributed by atoms with Gasteiger partial charge in [0.1, 0.15) is 5.82 Å². The molecule has 0 spiro atoms. The fourth-order valence-electron chi connectivity index (χ4n) is 4.34. The van der Waals surface area contributed by atoms with Gasteiger partial charge in [-0.05, 0) is 32.1 Å². The molecule has 148 valence electrons. The number of hydrogen-bond acceptors (Lipinski definition) is 6. The number of nitrogen functional groups attached to an aromatic ring is 1. The lowest BCUT2D eigenvalue weighted by Crippen LogP contribution is -2.53. The molecule has 1 aromatic heterocycles. The number of rotatable bonds is 2. The molecule has 0 aromatic carbocycles. The molecule has 1 amide bonds. The van der Waals surface area contributed by atoms with Crippen LogP contribution in [0.5, 0.6) is 0 Å². The summed E-state index contributed by atoms with van der Waals surface area (Å²) in [7, 11) is 0. The van der Waals surface area contributed by atoms with E-state index >= 15 is 0 Å². The minimum absolute atomic E-state index is 0. The lowest BCUT2D eigenvalue weighted by Gasteiger charge is -2.41. The fraction of sp³-hybridized carbons (Fsp3) is 0.812. The van der Waals surface area contributed by atoms with Gasteiger partial charge in [-0.25, -0.2) is 0 Å². The Kier molecular flexibility index (Phi) is 7.52. The zero-order valence-corrected chi connectivity index (χ0v) is 16.4. The summed E-state index contributed by atoms with van der Waals surface area (Å²) in [6.07, 6.45) is 4.97. The Labute approximate surface area is 165 Å². The number of ether oxygens (including phenoxy) is 1. The predicted octanol–water partition coefficient (Wildman–Crippen LogP) is 1.09. The number of fused-ring (bicyclic) bond motifs is 1. The molecule has 10 heteroatoms. The summed E-state index contributed by atoms with van der Waals surface area (Å²) in [6, 6.07) is 0.344. The van der Waals surface area contributed by atoms with E-state index in [2.05, 4.69) is 20.5 Å². The summed E-state index contributed by atoms with van der Waals surface area (Å²) in [6.45, 7) is 3.27. The Balaban J connectivity index is 0.00000121. The lowest BCUT2D eigenvalue weighted by atomic mass is 9.81. The van der Waals surface area contributed by atoms with E-state index in [1.165, 1.54) is 0 Å². The number of nitrogens with one attached hydrogen (secondary N) is 2. The number of aromatic amines is 1. The van der Waals surface area contributed by atoms with Crippen LogP contribution in [-0.2, 0) is 9.53 Å². The van der Waals surface area contributed by atoms with E-state index in [4.69, 9.17) is 10.5 Å². The Hall–Kier alpha value is -1.09. The van der Waals surface area contributed by atoms with Gasteiger partial charge in [0.05, 0.1) is 12.7 Å². The second-order valence-electron chi connectivity index (χ2n) is 7.16. The summed E-state index contributed by atoms with van der Waals surface area (Å²) < 4.78 is 5.81. The van der Waals surface area contributed by atoms with E-state index in [1.807, 2.05) is 4.90 Å². The molecule has 3 heterocycles. The molecule has 0 bridgehead atoms. The standard InChI is InChI=1S/C16H26N6O2.2ClH/c17-16-19-14(20-21-16)10-3-6-22(7-4-10)15(23)11-1-2-13-12(9-11)18-5-8-24-13;;/h10-13,18H,1-9H2,(H3,17,19,20,21);2*1H/t11-,12+,13+;;/m0../s1. The van der Waals surface area contributed by atoms with Gasteiger partial charge < -0.3 is 20.7 Å². The van der Waals surface area contributed by atoms with E-state index in [0.717, 1.165) is 64.2 Å². The molecule has 4 rings (SSSR count). The number of carbonyl (C=O) groups is 1. The fourth-order valence-corrected chi connectivity index (χ4v) is 4.34. The molecule has 1 aliphatic carbocycles. The number of morpholine rings is 1. The van der Waals surface area contributed by atoms with Gasteiger partial charge in [0.15, 0.2) is 0 Å². The molecular formula is C16H28Cl2N6O2. The SMILES string of the molecule is Cl.Cl.Nc1n[nH]c(C2CCN(C(=O)[C@H]3CC[C@H]4OCCN[C@@H]4C3)CC2)n1. The summed E-state index contributed by atoms with van der Waals surface area (Å²) in [4.78, 5) is 19.1. The van der Waals surface area contributed by atoms with Crippen LogP contribution in [0.1, 0.15) is 43.8 Å². The predicted molar refractivity (Wildman–Crippen MR) is 103 cm³/mol. The number of hydrogen-bond donors (Lipinski definition) is 3. The molecule has 1 saturated carbocycles. The zero-order chi connectivity index (χ0) is 16.5. The molecule has 26 heavy (non-hydrogen) atoms. The maximum absolute atomic E-state index is 12.9. The number of nitrogens with zero attached hydrogens (tertiary/aromatic N) is 3. The number of halogens is 2. The molecule has 0 unspecified atom stereocenters. The van der Waals surface area contributed by atoms with Crippen molar-refractivity contribution < 1.29 is 9.53 Å². The van der Waals surface area contributed by atoms with Crippen LogP contribution < -0.4 is 11.1 Å². The van der Waals surface area contributed by atoms with Crippen LogP contribution in [0.15, 0.2) is 0 Å². The van der Waals surface area contributed by atoms with Gasteiger partial charge in [0.2, 0.25) is 11.9 Å². The molecule has 3 fully saturated rings. The Bertz CT molecular complexity index is 593. The molecule has 2 saturated heterocycles. The Morgan fingerprint density at radius 3 is 2.65 bits per heavy atom. The Morgan fingerprint density at radius 1 is 1.19 bits per heavy atom. The first-order chi connectivity index (χ1) is 11.7. The van der Waals surface area contributed by atoms with Gasteiger partial charge in [-0.2, -0.15) is 4.98 Å². The smallest absolute Gasteiger partial charge is 0.239 e. The van der Waals surface area contributed by atoms with E-state index in [-0.39, 0.29) is 30.7 Å². The zero-order valence-electron chi connectivity index (χ0n) is 14.7. The average Bonchev–Trinajstić information content (AvgIpc) is 3.07. The number of aromatic nitrogens is 3. The monoisotopic (exact) mass is 406 g/mol. The second-order valence-corrected chi connectivity index (χ2v) is 7.16. The van der Waals surface area contributed by atoms with Crippen molar-refractivity contribution in [2.24, 2.45) is 5.92 Å². The number of nitrogens with two attached hydrogens (primary N) is 1. The minimum atomic E-state index is 0. The van der Waals surface area contributed by atoms with Crippen LogP contribution in [0.25, 0.3) is 0 Å². The van der Waals surface area contributed by atoms with Crippen molar-refractivity contribution in [3.8, 4) is 0 Å². The summed E-state index contributed by atoms with van der Waals surface area (Å²) in [5.74, 6) is 1.92. The molecular weight excluding hydrogens is 379 g/mol. The van der Waals surface area contributed by atoms with E-state index in [1.54, 1.807) is 0 Å². The third-order valence-electron chi connectivity index (χ3n) is 5.69. The Morgan fingerprint density at radius 2 is 1.96 bits per heavy atom. The number of piperidine rings is 1. The maximum atomic E-state index is 12.9. The second kappa shape index (κ2) is 9.21. The van der Waals surface area contributed by atoms with Crippen molar-refractivity contribution in [3.05, 3.63) is 5.82 Å². The number of carbonyl (C=O) groups excluding carboxylic acids is 1.